The lowest BCUT2D eigenvalue weighted by Crippen LogP contribution is -2.43. The van der Waals surface area contributed by atoms with Crippen LogP contribution in [0.2, 0.25) is 0 Å². The second-order valence-corrected chi connectivity index (χ2v) is 5.44. The summed E-state index contributed by atoms with van der Waals surface area (Å²) in [6.07, 6.45) is 0.813. The topological polar surface area (TPSA) is 54.0 Å². The van der Waals surface area contributed by atoms with E-state index in [0.717, 1.165) is 16.7 Å². The molecule has 5 heteroatoms. The Hall–Kier alpha value is -0.940. The van der Waals surface area contributed by atoms with E-state index in [1.54, 1.807) is 7.05 Å². The van der Waals surface area contributed by atoms with Crippen LogP contribution in [0.5, 0.6) is 0 Å². The van der Waals surface area contributed by atoms with Crippen LogP contribution in [0.15, 0.2) is 22.8 Å². The number of hydrogen-bond acceptors (Lipinski definition) is 3. The van der Waals surface area contributed by atoms with E-state index in [2.05, 4.69) is 45.4 Å². The Morgan fingerprint density at radius 2 is 2.17 bits per heavy atom. The van der Waals surface area contributed by atoms with Crippen LogP contribution in [0.25, 0.3) is 0 Å². The lowest BCUT2D eigenvalue weighted by atomic mass is 10.0. The Balaban J connectivity index is 2.58. The second-order valence-electron chi connectivity index (χ2n) is 4.63. The van der Waals surface area contributed by atoms with E-state index in [1.807, 2.05) is 18.2 Å². The highest BCUT2D eigenvalue weighted by Crippen LogP contribution is 2.08. The van der Waals surface area contributed by atoms with Crippen LogP contribution in [0.1, 0.15) is 26.0 Å². The number of carbonyl (C=O) groups is 1. The van der Waals surface area contributed by atoms with Gasteiger partial charge in [0.2, 0.25) is 5.91 Å². The Morgan fingerprint density at radius 3 is 2.72 bits per heavy atom. The minimum absolute atomic E-state index is 0.0266. The molecule has 0 fully saturated rings. The summed E-state index contributed by atoms with van der Waals surface area (Å²) in [5.41, 5.74) is 0.919. The van der Waals surface area contributed by atoms with E-state index in [9.17, 15) is 4.79 Å². The first-order valence-electron chi connectivity index (χ1n) is 6.09. The Kier molecular flexibility index (Phi) is 6.29. The summed E-state index contributed by atoms with van der Waals surface area (Å²) >= 11 is 3.33. The Labute approximate surface area is 117 Å². The van der Waals surface area contributed by atoms with Gasteiger partial charge in [0.25, 0.3) is 0 Å². The maximum atomic E-state index is 11.7. The molecule has 1 atom stereocenters. The molecule has 0 radical (unpaired) electrons. The molecule has 0 spiro atoms. The van der Waals surface area contributed by atoms with Crippen molar-refractivity contribution in [1.29, 1.82) is 0 Å². The molecule has 4 nitrogen and oxygen atoms in total. The zero-order chi connectivity index (χ0) is 13.5. The molecule has 1 amide bonds. The van der Waals surface area contributed by atoms with Gasteiger partial charge in [0.15, 0.2) is 0 Å². The van der Waals surface area contributed by atoms with Crippen molar-refractivity contribution < 1.29 is 4.79 Å². The standard InChI is InChI=1S/C13H20BrN3O/c1-9(2)7-11(13(18)15-3)16-8-10-5-4-6-12(14)17-10/h4-6,9,11,16H,7-8H2,1-3H3,(H,15,18). The van der Waals surface area contributed by atoms with Crippen molar-refractivity contribution in [2.75, 3.05) is 7.05 Å². The average Bonchev–Trinajstić information content (AvgIpc) is 2.33. The quantitative estimate of drug-likeness (QED) is 0.791. The van der Waals surface area contributed by atoms with Crippen LogP contribution in [0.4, 0.5) is 0 Å². The maximum Gasteiger partial charge on any atom is 0.236 e. The molecule has 0 saturated heterocycles. The SMILES string of the molecule is CNC(=O)C(CC(C)C)NCc1cccc(Br)n1. The molecule has 0 saturated carbocycles. The normalized spacial score (nSPS) is 12.5. The molecular formula is C13H20BrN3O. The number of amides is 1. The van der Waals surface area contributed by atoms with Crippen molar-refractivity contribution in [3.63, 3.8) is 0 Å². The fraction of sp³-hybridized carbons (Fsp3) is 0.538. The second kappa shape index (κ2) is 7.48. The summed E-state index contributed by atoms with van der Waals surface area (Å²) in [6.45, 7) is 4.80. The molecule has 1 heterocycles. The van der Waals surface area contributed by atoms with E-state index in [-0.39, 0.29) is 11.9 Å². The van der Waals surface area contributed by atoms with Gasteiger partial charge in [0.05, 0.1) is 11.7 Å². The minimum atomic E-state index is -0.171. The van der Waals surface area contributed by atoms with Gasteiger partial charge in [-0.2, -0.15) is 0 Å². The summed E-state index contributed by atoms with van der Waals surface area (Å²) in [6, 6.07) is 5.59. The van der Waals surface area contributed by atoms with Gasteiger partial charge in [-0.05, 0) is 40.4 Å². The molecular weight excluding hydrogens is 294 g/mol. The summed E-state index contributed by atoms with van der Waals surface area (Å²) in [4.78, 5) is 16.1. The fourth-order valence-corrected chi connectivity index (χ4v) is 2.09. The van der Waals surface area contributed by atoms with Crippen molar-refractivity contribution >= 4 is 21.8 Å². The summed E-state index contributed by atoms with van der Waals surface area (Å²) in [7, 11) is 1.66. The van der Waals surface area contributed by atoms with Crippen LogP contribution in [0, 0.1) is 5.92 Å². The van der Waals surface area contributed by atoms with Gasteiger partial charge in [-0.1, -0.05) is 19.9 Å². The van der Waals surface area contributed by atoms with Crippen molar-refractivity contribution in [3.8, 4) is 0 Å². The van der Waals surface area contributed by atoms with E-state index in [0.29, 0.717) is 12.5 Å². The molecule has 0 bridgehead atoms. The van der Waals surface area contributed by atoms with Crippen molar-refractivity contribution in [2.45, 2.75) is 32.9 Å². The Bertz CT molecular complexity index is 396. The first-order valence-corrected chi connectivity index (χ1v) is 6.88. The summed E-state index contributed by atoms with van der Waals surface area (Å²) in [5, 5.41) is 5.94. The number of hydrogen-bond donors (Lipinski definition) is 2. The van der Waals surface area contributed by atoms with Gasteiger partial charge in [0.1, 0.15) is 4.60 Å². The third-order valence-corrected chi connectivity index (χ3v) is 3.01. The van der Waals surface area contributed by atoms with Gasteiger partial charge in [-0.15, -0.1) is 0 Å². The van der Waals surface area contributed by atoms with Crippen LogP contribution >= 0.6 is 15.9 Å². The minimum Gasteiger partial charge on any atom is -0.358 e. The Morgan fingerprint density at radius 1 is 1.44 bits per heavy atom. The van der Waals surface area contributed by atoms with E-state index < -0.39 is 0 Å². The van der Waals surface area contributed by atoms with Crippen molar-refractivity contribution in [3.05, 3.63) is 28.5 Å². The molecule has 1 unspecified atom stereocenters. The third kappa shape index (κ3) is 5.14. The molecule has 0 aromatic carbocycles. The van der Waals surface area contributed by atoms with Crippen molar-refractivity contribution in [1.82, 2.24) is 15.6 Å². The first-order chi connectivity index (χ1) is 8.52. The highest BCUT2D eigenvalue weighted by Gasteiger charge is 2.17. The molecule has 1 aromatic rings. The van der Waals surface area contributed by atoms with Gasteiger partial charge in [-0.25, -0.2) is 4.98 Å². The molecule has 2 N–H and O–H groups in total. The third-order valence-electron chi connectivity index (χ3n) is 2.57. The predicted octanol–water partition coefficient (Wildman–Crippen LogP) is 2.09. The molecule has 1 aromatic heterocycles. The van der Waals surface area contributed by atoms with Crippen molar-refractivity contribution in [2.24, 2.45) is 5.92 Å². The monoisotopic (exact) mass is 313 g/mol. The van der Waals surface area contributed by atoms with Gasteiger partial charge in [-0.3, -0.25) is 4.79 Å². The summed E-state index contributed by atoms with van der Waals surface area (Å²) < 4.78 is 0.808. The smallest absolute Gasteiger partial charge is 0.236 e. The molecule has 100 valence electrons. The highest BCUT2D eigenvalue weighted by molar-refractivity contribution is 9.10. The maximum absolute atomic E-state index is 11.7. The van der Waals surface area contributed by atoms with Crippen LogP contribution < -0.4 is 10.6 Å². The summed E-state index contributed by atoms with van der Waals surface area (Å²) in [5.74, 6) is 0.494. The predicted molar refractivity (Wildman–Crippen MR) is 76.1 cm³/mol. The molecule has 0 aliphatic rings. The van der Waals surface area contributed by atoms with Gasteiger partial charge >= 0.3 is 0 Å². The zero-order valence-corrected chi connectivity index (χ0v) is 12.6. The average molecular weight is 314 g/mol. The number of pyridine rings is 1. The largest absolute Gasteiger partial charge is 0.358 e. The van der Waals surface area contributed by atoms with E-state index >= 15 is 0 Å². The van der Waals surface area contributed by atoms with E-state index in [4.69, 9.17) is 0 Å². The number of aromatic nitrogens is 1. The number of carbonyl (C=O) groups excluding carboxylic acids is 1. The lowest BCUT2D eigenvalue weighted by Gasteiger charge is -2.18. The lowest BCUT2D eigenvalue weighted by molar-refractivity contribution is -0.123. The number of nitrogens with one attached hydrogen (secondary N) is 2. The number of halogens is 1. The molecule has 0 aliphatic heterocycles. The van der Waals surface area contributed by atoms with Gasteiger partial charge in [0, 0.05) is 13.6 Å². The van der Waals surface area contributed by atoms with Gasteiger partial charge < -0.3 is 10.6 Å². The highest BCUT2D eigenvalue weighted by atomic mass is 79.9. The first kappa shape index (κ1) is 15.1. The van der Waals surface area contributed by atoms with Crippen LogP contribution in [-0.2, 0) is 11.3 Å². The fourth-order valence-electron chi connectivity index (χ4n) is 1.71. The number of rotatable bonds is 6. The zero-order valence-electron chi connectivity index (χ0n) is 11.0. The molecule has 18 heavy (non-hydrogen) atoms. The number of likely N-dealkylation sites (N-methyl/N-ethyl adjacent to an activating group) is 1. The van der Waals surface area contributed by atoms with Crippen LogP contribution in [0.3, 0.4) is 0 Å². The van der Waals surface area contributed by atoms with E-state index in [1.165, 1.54) is 0 Å². The number of nitrogens with zero attached hydrogens (tertiary/aromatic N) is 1. The van der Waals surface area contributed by atoms with Crippen LogP contribution in [-0.4, -0.2) is 24.0 Å². The molecule has 0 aliphatic carbocycles. The molecule has 1 rings (SSSR count).